The van der Waals surface area contributed by atoms with Crippen LogP contribution >= 0.6 is 0 Å². The molecule has 18 heteroatoms. The van der Waals surface area contributed by atoms with Gasteiger partial charge in [0.15, 0.2) is 23.8 Å². The number of nitrogens with two attached hydrogens (primary N) is 3. The van der Waals surface area contributed by atoms with Gasteiger partial charge in [-0.15, -0.1) is 0 Å². The molecule has 6 unspecified atom stereocenters. The van der Waals surface area contributed by atoms with Crippen molar-refractivity contribution in [1.29, 1.82) is 0 Å². The Morgan fingerprint density at radius 3 is 2.32 bits per heavy atom. The second-order valence-electron chi connectivity index (χ2n) is 16.0. The Labute approximate surface area is 379 Å². The van der Waals surface area contributed by atoms with E-state index >= 15 is 4.79 Å². The fourth-order valence-electron chi connectivity index (χ4n) is 8.18. The van der Waals surface area contributed by atoms with Crippen molar-refractivity contribution >= 4 is 41.9 Å². The highest BCUT2D eigenvalue weighted by Crippen LogP contribution is 2.45. The molecule has 1 heterocycles. The number of aliphatic hydroxyl groups excluding tert-OH is 5. The Morgan fingerprint density at radius 2 is 1.64 bits per heavy atom. The summed E-state index contributed by atoms with van der Waals surface area (Å²) >= 11 is 0. The van der Waals surface area contributed by atoms with Crippen LogP contribution < -0.4 is 26.7 Å². The van der Waals surface area contributed by atoms with Gasteiger partial charge in [-0.3, -0.25) is 24.2 Å². The quantitative estimate of drug-likeness (QED) is 0.0108. The molecule has 4 aromatic carbocycles. The standard InChI is InChI=1S/C48H54N4O14/c1-24-41(58)45(62)46(63-15-14-52-48(50)51)47(64-24)66-37-20-34-40(42(59)33(37)18-28-8-4-9-29(21-53)35(28)23-55)44(61)38-30(22-54)19-36(65-25(2)56)32(39(38)43(34)60)12-11-26-6-3-7-27(16-26)17-31(57)10-5-13-49/h3-4,6-9,11-12,16,19-20,23-24,31,41,45-47,53-54,57-59,62H,5,10,13-15,17-18,21-22,49H2,1-2H3,(H4,50,51,52). The number of ether oxygens (including phenoxy) is 4. The highest BCUT2D eigenvalue weighted by atomic mass is 16.7. The normalized spacial score (nSPS) is 19.5. The van der Waals surface area contributed by atoms with Gasteiger partial charge in [-0.05, 0) is 78.8 Å². The van der Waals surface area contributed by atoms with Crippen molar-refractivity contribution in [2.45, 2.75) is 89.6 Å². The smallest absolute Gasteiger partial charge is 0.308 e. The van der Waals surface area contributed by atoms with Crippen LogP contribution in [0.3, 0.4) is 0 Å². The fourth-order valence-corrected chi connectivity index (χ4v) is 8.18. The van der Waals surface area contributed by atoms with E-state index in [4.69, 9.17) is 36.1 Å². The Kier molecular flexibility index (Phi) is 16.2. The van der Waals surface area contributed by atoms with Gasteiger partial charge in [0, 0.05) is 46.7 Å². The Bertz CT molecular complexity index is 2540. The van der Waals surface area contributed by atoms with Crippen LogP contribution in [0.1, 0.15) is 108 Å². The van der Waals surface area contributed by atoms with Crippen molar-refractivity contribution in [3.8, 4) is 17.2 Å². The number of aromatic hydroxyl groups is 1. The zero-order valence-corrected chi connectivity index (χ0v) is 36.4. The monoisotopic (exact) mass is 910 g/mol. The molecule has 1 fully saturated rings. The predicted octanol–water partition coefficient (Wildman–Crippen LogP) is 1.80. The summed E-state index contributed by atoms with van der Waals surface area (Å²) in [6, 6.07) is 14.3. The molecule has 0 bridgehead atoms. The molecular weight excluding hydrogens is 857 g/mol. The highest BCUT2D eigenvalue weighted by Gasteiger charge is 2.46. The van der Waals surface area contributed by atoms with Crippen molar-refractivity contribution in [3.63, 3.8) is 0 Å². The maximum Gasteiger partial charge on any atom is 0.308 e. The zero-order valence-electron chi connectivity index (χ0n) is 36.4. The SMILES string of the molecule is CC(=O)Oc1cc(CO)c2c(c1C=Cc1cccc(CC(O)CCCN)c1)C(=O)c1cc(OC3OC(C)C(O)C(O)C3OCCN=C(N)N)c(Cc3cccc(CO)c3C=O)c(O)c1C2=O. The first-order valence-electron chi connectivity index (χ1n) is 21.3. The maximum atomic E-state index is 15.1. The first-order chi connectivity index (χ1) is 31.6. The van der Waals surface area contributed by atoms with Gasteiger partial charge in [0.2, 0.25) is 6.29 Å². The molecule has 66 heavy (non-hydrogen) atoms. The number of ketones is 2. The first kappa shape index (κ1) is 49.1. The van der Waals surface area contributed by atoms with E-state index in [1.54, 1.807) is 30.3 Å². The van der Waals surface area contributed by atoms with Crippen LogP contribution in [0.15, 0.2) is 59.6 Å². The molecule has 0 amide bonds. The molecule has 0 saturated carbocycles. The summed E-state index contributed by atoms with van der Waals surface area (Å²) in [6.07, 6.45) is -2.86. The van der Waals surface area contributed by atoms with Crippen LogP contribution in [0, 0.1) is 0 Å². The molecule has 0 aromatic heterocycles. The Morgan fingerprint density at radius 1 is 0.909 bits per heavy atom. The summed E-state index contributed by atoms with van der Waals surface area (Å²) in [5, 5.41) is 65.5. The van der Waals surface area contributed by atoms with Gasteiger partial charge in [0.05, 0.1) is 44.1 Å². The second-order valence-corrected chi connectivity index (χ2v) is 16.0. The van der Waals surface area contributed by atoms with Gasteiger partial charge in [0.25, 0.3) is 0 Å². The number of carbonyl (C=O) groups excluding carboxylic acids is 4. The lowest BCUT2D eigenvalue weighted by Crippen LogP contribution is -2.59. The minimum Gasteiger partial charge on any atom is -0.507 e. The largest absolute Gasteiger partial charge is 0.507 e. The maximum absolute atomic E-state index is 15.1. The van der Waals surface area contributed by atoms with Crippen molar-refractivity contribution < 1.29 is 68.8 Å². The zero-order chi connectivity index (χ0) is 47.8. The van der Waals surface area contributed by atoms with Crippen LogP contribution in [-0.2, 0) is 40.3 Å². The average molecular weight is 911 g/mol. The van der Waals surface area contributed by atoms with E-state index in [-0.39, 0.29) is 87.1 Å². The first-order valence-corrected chi connectivity index (χ1v) is 21.3. The molecule has 1 saturated heterocycles. The van der Waals surface area contributed by atoms with Crippen molar-refractivity contribution in [3.05, 3.63) is 121 Å². The number of guanidine groups is 1. The number of phenols is 1. The fraction of sp³-hybridized carbons (Fsp3) is 0.354. The number of phenolic OH excluding ortho intramolecular Hbond substituents is 1. The molecule has 12 N–H and O–H groups in total. The molecule has 18 nitrogen and oxygen atoms in total. The lowest BCUT2D eigenvalue weighted by atomic mass is 9.77. The number of carbonyl (C=O) groups is 4. The number of fused-ring (bicyclic) bond motifs is 2. The minimum atomic E-state index is -1.60. The lowest BCUT2D eigenvalue weighted by Gasteiger charge is -2.41. The number of hydrogen-bond donors (Lipinski definition) is 9. The van der Waals surface area contributed by atoms with Gasteiger partial charge in [-0.25, -0.2) is 0 Å². The van der Waals surface area contributed by atoms with Crippen LogP contribution in [0.5, 0.6) is 17.2 Å². The number of rotatable bonds is 19. The van der Waals surface area contributed by atoms with Crippen LogP contribution in [0.4, 0.5) is 0 Å². The third-order valence-electron chi connectivity index (χ3n) is 11.4. The molecule has 2 aliphatic rings. The highest BCUT2D eigenvalue weighted by molar-refractivity contribution is 6.31. The molecular formula is C48H54N4O14. The molecule has 0 spiro atoms. The van der Waals surface area contributed by atoms with Crippen molar-refractivity contribution in [2.24, 2.45) is 22.2 Å². The van der Waals surface area contributed by atoms with Gasteiger partial charge in [-0.1, -0.05) is 48.5 Å². The Balaban J connectivity index is 1.53. The second kappa shape index (κ2) is 21.8. The van der Waals surface area contributed by atoms with E-state index in [9.17, 15) is 45.0 Å². The molecule has 1 aliphatic carbocycles. The van der Waals surface area contributed by atoms with Crippen LogP contribution in [-0.4, -0.2) is 117 Å². The summed E-state index contributed by atoms with van der Waals surface area (Å²) < 4.78 is 23.8. The summed E-state index contributed by atoms with van der Waals surface area (Å²) in [5.74, 6) is -3.86. The van der Waals surface area contributed by atoms with Crippen LogP contribution in [0.25, 0.3) is 12.2 Å². The van der Waals surface area contributed by atoms with E-state index in [1.165, 1.54) is 31.2 Å². The molecule has 6 rings (SSSR count). The van der Waals surface area contributed by atoms with Crippen LogP contribution in [0.2, 0.25) is 0 Å². The number of benzene rings is 4. The van der Waals surface area contributed by atoms with Gasteiger partial charge < -0.3 is 66.8 Å². The number of esters is 1. The minimum absolute atomic E-state index is 0.00644. The summed E-state index contributed by atoms with van der Waals surface area (Å²) in [4.78, 5) is 58.7. The number of aliphatic hydroxyl groups is 5. The Hall–Kier alpha value is -6.35. The summed E-state index contributed by atoms with van der Waals surface area (Å²) in [6.45, 7) is 1.54. The van der Waals surface area contributed by atoms with E-state index in [0.717, 1.165) is 12.5 Å². The number of aldehydes is 1. The van der Waals surface area contributed by atoms with Gasteiger partial charge in [0.1, 0.15) is 35.6 Å². The molecule has 350 valence electrons. The topological polar surface area (TPSA) is 317 Å². The average Bonchev–Trinajstić information content (AvgIpc) is 3.28. The predicted molar refractivity (Wildman–Crippen MR) is 240 cm³/mol. The number of nitrogens with zero attached hydrogens (tertiary/aromatic N) is 1. The van der Waals surface area contributed by atoms with Gasteiger partial charge in [-0.2, -0.15) is 0 Å². The number of aliphatic imine (C=N–C) groups is 1. The molecule has 1 aliphatic heterocycles. The third-order valence-corrected chi connectivity index (χ3v) is 11.4. The summed E-state index contributed by atoms with van der Waals surface area (Å²) in [7, 11) is 0. The van der Waals surface area contributed by atoms with Crippen molar-refractivity contribution in [2.75, 3.05) is 19.7 Å². The van der Waals surface area contributed by atoms with E-state index < -0.39 is 78.9 Å². The third kappa shape index (κ3) is 10.7. The van der Waals surface area contributed by atoms with E-state index in [1.807, 2.05) is 12.1 Å². The number of hydrogen-bond acceptors (Lipinski definition) is 16. The van der Waals surface area contributed by atoms with Gasteiger partial charge >= 0.3 is 5.97 Å². The molecule has 6 atom stereocenters. The van der Waals surface area contributed by atoms with E-state index in [2.05, 4.69) is 4.99 Å². The van der Waals surface area contributed by atoms with E-state index in [0.29, 0.717) is 37.7 Å². The lowest BCUT2D eigenvalue weighted by molar-refractivity contribution is -0.278. The van der Waals surface area contributed by atoms with Crippen molar-refractivity contribution in [1.82, 2.24) is 0 Å². The summed E-state index contributed by atoms with van der Waals surface area (Å²) in [5.41, 5.74) is 17.0. The molecule has 0 radical (unpaired) electrons. The molecule has 4 aromatic rings.